The van der Waals surface area contributed by atoms with E-state index in [1.54, 1.807) is 0 Å². The Kier molecular flexibility index (Phi) is 9.98. The maximum absolute atomic E-state index is 14.1. The first-order chi connectivity index (χ1) is 17.3. The van der Waals surface area contributed by atoms with Gasteiger partial charge in [0, 0.05) is 12.2 Å². The van der Waals surface area contributed by atoms with Crippen LogP contribution in [0.25, 0.3) is 11.3 Å². The average molecular weight is 492 g/mol. The molecule has 0 amide bonds. The summed E-state index contributed by atoms with van der Waals surface area (Å²) in [5.74, 6) is 0. The van der Waals surface area contributed by atoms with Crippen LogP contribution in [0.15, 0.2) is 97.8 Å². The fourth-order valence-electron chi connectivity index (χ4n) is 4.58. The molecule has 0 saturated carbocycles. The molecule has 0 aliphatic heterocycles. The van der Waals surface area contributed by atoms with E-state index in [0.29, 0.717) is 11.3 Å². The maximum Gasteiger partial charge on any atom is 0.431 e. The highest BCUT2D eigenvalue weighted by molar-refractivity contribution is 5.73. The van der Waals surface area contributed by atoms with Crippen molar-refractivity contribution in [1.82, 2.24) is 4.90 Å². The zero-order chi connectivity index (χ0) is 26.0. The van der Waals surface area contributed by atoms with Crippen molar-refractivity contribution >= 4 is 11.3 Å². The Balaban J connectivity index is 1.82. The minimum Gasteiger partial charge on any atom is -0.333 e. The second-order valence-electron chi connectivity index (χ2n) is 9.12. The monoisotopic (exact) mass is 491 g/mol. The Labute approximate surface area is 214 Å². The van der Waals surface area contributed by atoms with Gasteiger partial charge in [0.1, 0.15) is 5.70 Å². The molecular weight excluding hydrogens is 455 g/mol. The minimum atomic E-state index is -4.49. The van der Waals surface area contributed by atoms with Crippen LogP contribution in [0, 0.1) is 0 Å². The smallest absolute Gasteiger partial charge is 0.333 e. The van der Waals surface area contributed by atoms with Gasteiger partial charge in [0.25, 0.3) is 0 Å². The third-order valence-electron chi connectivity index (χ3n) is 6.59. The molecule has 0 aromatic heterocycles. The Bertz CT molecular complexity index is 1120. The van der Waals surface area contributed by atoms with Crippen molar-refractivity contribution in [2.75, 3.05) is 0 Å². The van der Waals surface area contributed by atoms with Gasteiger partial charge in [0.2, 0.25) is 0 Å². The van der Waals surface area contributed by atoms with Crippen molar-refractivity contribution in [3.05, 3.63) is 120 Å². The van der Waals surface area contributed by atoms with Gasteiger partial charge in [-0.3, -0.25) is 0 Å². The summed E-state index contributed by atoms with van der Waals surface area (Å²) in [6.45, 7) is 9.42. The molecule has 1 aliphatic carbocycles. The van der Waals surface area contributed by atoms with E-state index >= 15 is 0 Å². The van der Waals surface area contributed by atoms with Crippen molar-refractivity contribution < 1.29 is 13.2 Å². The molecule has 0 fully saturated rings. The Morgan fingerprint density at radius 2 is 1.67 bits per heavy atom. The third kappa shape index (κ3) is 7.36. The van der Waals surface area contributed by atoms with Gasteiger partial charge in [0.15, 0.2) is 0 Å². The summed E-state index contributed by atoms with van der Waals surface area (Å²) in [4.78, 5) is 1.31. The molecular formula is C32H36F3N. The van der Waals surface area contributed by atoms with E-state index in [4.69, 9.17) is 0 Å². The Hall–Kier alpha value is -3.27. The molecule has 4 heteroatoms. The summed E-state index contributed by atoms with van der Waals surface area (Å²) in [5.41, 5.74) is 4.58. The fourth-order valence-corrected chi connectivity index (χ4v) is 4.58. The highest BCUT2D eigenvalue weighted by Crippen LogP contribution is 2.36. The zero-order valence-corrected chi connectivity index (χ0v) is 21.2. The summed E-state index contributed by atoms with van der Waals surface area (Å²) in [5, 5.41) is 0. The lowest BCUT2D eigenvalue weighted by Crippen LogP contribution is -2.30. The molecule has 190 valence electrons. The SMILES string of the molecule is C=CCCCCCCc1ccccc1CN(C(=C)c1ccc(C2=CC=CC2)cc1)/C(=C\C)C(F)(F)F. The van der Waals surface area contributed by atoms with Gasteiger partial charge < -0.3 is 4.90 Å². The van der Waals surface area contributed by atoms with E-state index in [1.807, 2.05) is 60.7 Å². The quantitative estimate of drug-likeness (QED) is 0.199. The largest absolute Gasteiger partial charge is 0.431 e. The molecule has 2 aromatic rings. The molecule has 0 radical (unpaired) electrons. The van der Waals surface area contributed by atoms with Gasteiger partial charge in [-0.2, -0.15) is 13.2 Å². The van der Waals surface area contributed by atoms with E-state index in [-0.39, 0.29) is 6.54 Å². The molecule has 0 unspecified atom stereocenters. The van der Waals surface area contributed by atoms with Crippen LogP contribution < -0.4 is 0 Å². The van der Waals surface area contributed by atoms with E-state index in [0.717, 1.165) is 67.7 Å². The lowest BCUT2D eigenvalue weighted by atomic mass is 9.99. The van der Waals surface area contributed by atoms with Crippen LogP contribution in [-0.4, -0.2) is 11.1 Å². The van der Waals surface area contributed by atoms with Gasteiger partial charge in [-0.1, -0.05) is 98.3 Å². The summed E-state index contributed by atoms with van der Waals surface area (Å²) < 4.78 is 42.3. The minimum absolute atomic E-state index is 0.113. The standard InChI is InChI=1S/C32H36F3N/c1-4-6-7-8-9-10-15-28-18-13-14-19-30(28)24-36(31(5-2)32(33,34)35)25(3)26-20-22-29(23-21-26)27-16-11-12-17-27/h4-5,11-14,16,18-23H,1,3,6-10,15,17,24H2,2H3/b31-5-. The van der Waals surface area contributed by atoms with Gasteiger partial charge in [-0.05, 0) is 66.9 Å². The number of unbranched alkanes of at least 4 members (excludes halogenated alkanes) is 4. The first-order valence-electron chi connectivity index (χ1n) is 12.7. The van der Waals surface area contributed by atoms with Crippen LogP contribution in [0.1, 0.15) is 67.7 Å². The zero-order valence-electron chi connectivity index (χ0n) is 21.2. The average Bonchev–Trinajstić information content (AvgIpc) is 3.41. The predicted octanol–water partition coefficient (Wildman–Crippen LogP) is 9.65. The van der Waals surface area contributed by atoms with Crippen molar-refractivity contribution in [2.45, 2.75) is 64.6 Å². The van der Waals surface area contributed by atoms with E-state index in [1.165, 1.54) is 17.4 Å². The van der Waals surface area contributed by atoms with Crippen molar-refractivity contribution in [3.8, 4) is 0 Å². The number of allylic oxidation sites excluding steroid dienone is 7. The summed E-state index contributed by atoms with van der Waals surface area (Å²) in [6.07, 6.45) is 11.9. The number of alkyl halides is 3. The summed E-state index contributed by atoms with van der Waals surface area (Å²) in [7, 11) is 0. The van der Waals surface area contributed by atoms with Gasteiger partial charge >= 0.3 is 6.18 Å². The molecule has 0 N–H and O–H groups in total. The number of aryl methyl sites for hydroxylation is 1. The molecule has 1 nitrogen and oxygen atoms in total. The molecule has 1 aliphatic rings. The number of halogens is 3. The summed E-state index contributed by atoms with van der Waals surface area (Å²) >= 11 is 0. The van der Waals surface area contributed by atoms with Crippen LogP contribution in [0.5, 0.6) is 0 Å². The van der Waals surface area contributed by atoms with Crippen LogP contribution in [-0.2, 0) is 13.0 Å². The highest BCUT2D eigenvalue weighted by Gasteiger charge is 2.38. The summed E-state index contributed by atoms with van der Waals surface area (Å²) in [6, 6.07) is 15.5. The van der Waals surface area contributed by atoms with Crippen molar-refractivity contribution in [3.63, 3.8) is 0 Å². The first kappa shape index (κ1) is 27.3. The van der Waals surface area contributed by atoms with Gasteiger partial charge in [-0.25, -0.2) is 0 Å². The first-order valence-corrected chi connectivity index (χ1v) is 12.7. The normalized spacial score (nSPS) is 13.6. The predicted molar refractivity (Wildman–Crippen MR) is 146 cm³/mol. The molecule has 0 heterocycles. The van der Waals surface area contributed by atoms with Crippen LogP contribution >= 0.6 is 0 Å². The van der Waals surface area contributed by atoms with Crippen LogP contribution in [0.3, 0.4) is 0 Å². The molecule has 0 bridgehead atoms. The van der Waals surface area contributed by atoms with Crippen LogP contribution in [0.2, 0.25) is 0 Å². The fraction of sp³-hybridized carbons (Fsp3) is 0.312. The van der Waals surface area contributed by atoms with Crippen LogP contribution in [0.4, 0.5) is 13.2 Å². The molecule has 36 heavy (non-hydrogen) atoms. The third-order valence-corrected chi connectivity index (χ3v) is 6.59. The second-order valence-corrected chi connectivity index (χ2v) is 9.12. The number of benzene rings is 2. The van der Waals surface area contributed by atoms with Gasteiger partial charge in [-0.15, -0.1) is 6.58 Å². The lowest BCUT2D eigenvalue weighted by molar-refractivity contribution is -0.107. The number of hydrogen-bond acceptors (Lipinski definition) is 1. The second kappa shape index (κ2) is 13.2. The molecule has 0 atom stereocenters. The maximum atomic E-state index is 14.1. The lowest BCUT2D eigenvalue weighted by Gasteiger charge is -2.31. The Morgan fingerprint density at radius 1 is 0.972 bits per heavy atom. The van der Waals surface area contributed by atoms with Gasteiger partial charge in [0.05, 0.1) is 0 Å². The highest BCUT2D eigenvalue weighted by atomic mass is 19.4. The molecule has 0 saturated heterocycles. The number of nitrogens with zero attached hydrogens (tertiary/aromatic N) is 1. The molecule has 3 rings (SSSR count). The van der Waals surface area contributed by atoms with E-state index in [9.17, 15) is 13.2 Å². The number of rotatable bonds is 13. The van der Waals surface area contributed by atoms with E-state index in [2.05, 4.69) is 25.3 Å². The molecule has 0 spiro atoms. The van der Waals surface area contributed by atoms with Crippen molar-refractivity contribution in [2.24, 2.45) is 0 Å². The topological polar surface area (TPSA) is 3.24 Å². The van der Waals surface area contributed by atoms with Crippen molar-refractivity contribution in [1.29, 1.82) is 0 Å². The van der Waals surface area contributed by atoms with E-state index < -0.39 is 11.9 Å². The molecule has 2 aromatic carbocycles. The Morgan fingerprint density at radius 3 is 2.28 bits per heavy atom. The number of hydrogen-bond donors (Lipinski definition) is 0.